The smallest absolute Gasteiger partial charge is 0.0372 e. The van der Waals surface area contributed by atoms with Crippen LogP contribution in [-0.2, 0) is 12.8 Å². The Labute approximate surface area is 130 Å². The first-order valence-corrected chi connectivity index (χ1v) is 8.61. The largest absolute Gasteiger partial charge is 0.329 e. The van der Waals surface area contributed by atoms with Crippen molar-refractivity contribution in [1.82, 2.24) is 4.90 Å². The van der Waals surface area contributed by atoms with Crippen molar-refractivity contribution in [3.05, 3.63) is 33.8 Å². The number of rotatable bonds is 4. The minimum Gasteiger partial charge on any atom is -0.329 e. The topological polar surface area (TPSA) is 29.3 Å². The van der Waals surface area contributed by atoms with E-state index in [0.717, 1.165) is 25.3 Å². The van der Waals surface area contributed by atoms with Gasteiger partial charge < -0.3 is 5.73 Å². The number of nitrogens with two attached hydrogens (primary N) is 1. The summed E-state index contributed by atoms with van der Waals surface area (Å²) in [5.41, 5.74) is 9.38. The molecule has 0 bridgehead atoms. The van der Waals surface area contributed by atoms with Crippen molar-refractivity contribution in [3.8, 4) is 0 Å². The molecule has 1 aromatic carbocycles. The first-order chi connectivity index (χ1) is 9.63. The zero-order valence-corrected chi connectivity index (χ0v) is 14.0. The molecule has 1 saturated carbocycles. The first kappa shape index (κ1) is 14.6. The minimum absolute atomic E-state index is 0.177. The van der Waals surface area contributed by atoms with E-state index in [1.807, 2.05) is 0 Å². The molecule has 0 aliphatic heterocycles. The quantitative estimate of drug-likeness (QED) is 0.913. The molecule has 20 heavy (non-hydrogen) atoms. The maximum absolute atomic E-state index is 6.21. The molecule has 2 aliphatic carbocycles. The van der Waals surface area contributed by atoms with Crippen LogP contribution in [0.25, 0.3) is 0 Å². The fraction of sp³-hybridized carbons (Fsp3) is 0.647. The third kappa shape index (κ3) is 2.68. The number of hydrogen-bond acceptors (Lipinski definition) is 2. The molecule has 1 unspecified atom stereocenters. The zero-order valence-electron chi connectivity index (χ0n) is 12.4. The fourth-order valence-electron chi connectivity index (χ4n) is 3.72. The van der Waals surface area contributed by atoms with Crippen LogP contribution in [-0.4, -0.2) is 30.6 Å². The molecule has 0 saturated heterocycles. The normalized spacial score (nSPS) is 26.4. The number of aryl methyl sites for hydroxylation is 1. The van der Waals surface area contributed by atoms with Crippen LogP contribution in [0.15, 0.2) is 22.7 Å². The molecule has 1 fully saturated rings. The first-order valence-electron chi connectivity index (χ1n) is 7.81. The van der Waals surface area contributed by atoms with Gasteiger partial charge in [0, 0.05) is 23.1 Å². The van der Waals surface area contributed by atoms with E-state index in [4.69, 9.17) is 5.73 Å². The molecule has 110 valence electrons. The summed E-state index contributed by atoms with van der Waals surface area (Å²) in [6.45, 7) is 1.99. The Balaban J connectivity index is 1.78. The van der Waals surface area contributed by atoms with Gasteiger partial charge in [-0.05, 0) is 68.3 Å². The zero-order chi connectivity index (χ0) is 14.2. The monoisotopic (exact) mass is 336 g/mol. The highest BCUT2D eigenvalue weighted by Gasteiger charge is 2.38. The lowest BCUT2D eigenvalue weighted by Gasteiger charge is -2.47. The predicted molar refractivity (Wildman–Crippen MR) is 87.9 cm³/mol. The second-order valence-electron chi connectivity index (χ2n) is 6.70. The van der Waals surface area contributed by atoms with Crippen molar-refractivity contribution < 1.29 is 0 Å². The highest BCUT2D eigenvalue weighted by molar-refractivity contribution is 9.10. The molecular weight excluding hydrogens is 312 g/mol. The van der Waals surface area contributed by atoms with Gasteiger partial charge in [0.15, 0.2) is 0 Å². The molecule has 0 spiro atoms. The van der Waals surface area contributed by atoms with Crippen molar-refractivity contribution in [2.45, 2.75) is 44.1 Å². The van der Waals surface area contributed by atoms with Crippen LogP contribution in [0.4, 0.5) is 0 Å². The Kier molecular flexibility index (Phi) is 4.21. The Morgan fingerprint density at radius 3 is 2.80 bits per heavy atom. The summed E-state index contributed by atoms with van der Waals surface area (Å²) < 4.78 is 1.19. The van der Waals surface area contributed by atoms with Crippen LogP contribution >= 0.6 is 15.9 Å². The molecule has 1 aromatic rings. The van der Waals surface area contributed by atoms with Gasteiger partial charge in [0.25, 0.3) is 0 Å². The Hall–Kier alpha value is -0.380. The molecule has 0 heterocycles. The van der Waals surface area contributed by atoms with Gasteiger partial charge in [0.1, 0.15) is 0 Å². The molecule has 1 atom stereocenters. The maximum atomic E-state index is 6.21. The SMILES string of the molecule is CN(CC1CCC1)C1(CN)CCc2cc(Br)ccc2C1. The molecule has 2 aliphatic rings. The second-order valence-corrected chi connectivity index (χ2v) is 7.61. The van der Waals surface area contributed by atoms with E-state index in [2.05, 4.69) is 46.1 Å². The molecule has 0 aromatic heterocycles. The van der Waals surface area contributed by atoms with Gasteiger partial charge in [-0.25, -0.2) is 0 Å². The number of hydrogen-bond donors (Lipinski definition) is 1. The summed E-state index contributed by atoms with van der Waals surface area (Å²) in [7, 11) is 2.29. The number of fused-ring (bicyclic) bond motifs is 1. The van der Waals surface area contributed by atoms with Crippen LogP contribution in [0.5, 0.6) is 0 Å². The predicted octanol–water partition coefficient (Wildman–Crippen LogP) is 3.37. The van der Waals surface area contributed by atoms with Gasteiger partial charge in [-0.1, -0.05) is 28.4 Å². The minimum atomic E-state index is 0.177. The van der Waals surface area contributed by atoms with Gasteiger partial charge in [0.2, 0.25) is 0 Å². The lowest BCUT2D eigenvalue weighted by Crippen LogP contribution is -2.57. The van der Waals surface area contributed by atoms with Gasteiger partial charge in [-0.15, -0.1) is 0 Å². The molecule has 3 heteroatoms. The Bertz CT molecular complexity index is 484. The molecule has 2 N–H and O–H groups in total. The molecule has 0 radical (unpaired) electrons. The van der Waals surface area contributed by atoms with E-state index in [1.54, 1.807) is 0 Å². The summed E-state index contributed by atoms with van der Waals surface area (Å²) in [6.07, 6.45) is 7.69. The van der Waals surface area contributed by atoms with Crippen LogP contribution in [0, 0.1) is 5.92 Å². The summed E-state index contributed by atoms with van der Waals surface area (Å²) >= 11 is 3.58. The highest BCUT2D eigenvalue weighted by Crippen LogP contribution is 2.36. The summed E-state index contributed by atoms with van der Waals surface area (Å²) in [4.78, 5) is 2.57. The number of halogens is 1. The Morgan fingerprint density at radius 2 is 2.15 bits per heavy atom. The van der Waals surface area contributed by atoms with E-state index < -0.39 is 0 Å². The van der Waals surface area contributed by atoms with Crippen molar-refractivity contribution in [3.63, 3.8) is 0 Å². The van der Waals surface area contributed by atoms with Gasteiger partial charge in [-0.3, -0.25) is 4.90 Å². The van der Waals surface area contributed by atoms with Crippen LogP contribution < -0.4 is 5.73 Å². The van der Waals surface area contributed by atoms with E-state index in [0.29, 0.717) is 0 Å². The van der Waals surface area contributed by atoms with Crippen LogP contribution in [0.3, 0.4) is 0 Å². The van der Waals surface area contributed by atoms with Crippen LogP contribution in [0.1, 0.15) is 36.8 Å². The van der Waals surface area contributed by atoms with Gasteiger partial charge in [-0.2, -0.15) is 0 Å². The van der Waals surface area contributed by atoms with E-state index >= 15 is 0 Å². The Morgan fingerprint density at radius 1 is 1.35 bits per heavy atom. The maximum Gasteiger partial charge on any atom is 0.0372 e. The molecule has 0 amide bonds. The van der Waals surface area contributed by atoms with Crippen molar-refractivity contribution in [1.29, 1.82) is 0 Å². The summed E-state index contributed by atoms with van der Waals surface area (Å²) in [5, 5.41) is 0. The van der Waals surface area contributed by atoms with E-state index in [9.17, 15) is 0 Å². The van der Waals surface area contributed by atoms with Gasteiger partial charge >= 0.3 is 0 Å². The standard InChI is InChI=1S/C17H25BrN2/c1-20(11-13-3-2-4-13)17(12-19)8-7-14-9-16(18)6-5-15(14)10-17/h5-6,9,13H,2-4,7-8,10-12,19H2,1H3. The van der Waals surface area contributed by atoms with Crippen molar-refractivity contribution in [2.75, 3.05) is 20.1 Å². The number of benzene rings is 1. The number of likely N-dealkylation sites (N-methyl/N-ethyl adjacent to an activating group) is 1. The summed E-state index contributed by atoms with van der Waals surface area (Å²) in [5.74, 6) is 0.912. The second kappa shape index (κ2) is 5.78. The lowest BCUT2D eigenvalue weighted by molar-refractivity contribution is 0.0727. The van der Waals surface area contributed by atoms with Crippen LogP contribution in [0.2, 0.25) is 0 Å². The third-order valence-electron chi connectivity index (χ3n) is 5.49. The average molecular weight is 337 g/mol. The summed E-state index contributed by atoms with van der Waals surface area (Å²) in [6, 6.07) is 6.72. The lowest BCUT2D eigenvalue weighted by atomic mass is 9.75. The van der Waals surface area contributed by atoms with E-state index in [1.165, 1.54) is 47.8 Å². The molecule has 3 rings (SSSR count). The van der Waals surface area contributed by atoms with Crippen molar-refractivity contribution in [2.24, 2.45) is 11.7 Å². The number of nitrogens with zero attached hydrogens (tertiary/aromatic N) is 1. The van der Waals surface area contributed by atoms with Gasteiger partial charge in [0.05, 0.1) is 0 Å². The van der Waals surface area contributed by atoms with E-state index in [-0.39, 0.29) is 5.54 Å². The van der Waals surface area contributed by atoms with Crippen molar-refractivity contribution >= 4 is 15.9 Å². The molecule has 2 nitrogen and oxygen atoms in total. The molecular formula is C17H25BrN2. The fourth-order valence-corrected chi connectivity index (χ4v) is 4.13. The third-order valence-corrected chi connectivity index (χ3v) is 5.99. The average Bonchev–Trinajstić information content (AvgIpc) is 2.42. The highest BCUT2D eigenvalue weighted by atomic mass is 79.9.